The van der Waals surface area contributed by atoms with Gasteiger partial charge in [-0.15, -0.1) is 0 Å². The number of hydrogen-bond donors (Lipinski definition) is 0. The second-order valence-corrected chi connectivity index (χ2v) is 9.82. The molecule has 0 amide bonds. The van der Waals surface area contributed by atoms with E-state index in [1.165, 1.54) is 0 Å². The summed E-state index contributed by atoms with van der Waals surface area (Å²) in [5, 5.41) is 0. The smallest absolute Gasteiger partial charge is 0.166 e. The van der Waals surface area contributed by atoms with Gasteiger partial charge in [-0.2, -0.15) is 0 Å². The number of benzene rings is 1. The van der Waals surface area contributed by atoms with E-state index < -0.39 is 5.60 Å². The molecule has 0 aliphatic carbocycles. The maximum Gasteiger partial charge on any atom is 0.166 e. The standard InChI is InChI=1S/C26H30N8O2/c1-26(2)25-29-21-23(33-9-12-35-13-10-33)30-22(31-24(21)34(25)11-14-36-26)18-7-5-17(6-8-18)19-15-28-20(16-27-19)32(3)4/h5-8,15-16H,9-14H2,1-4H3. The summed E-state index contributed by atoms with van der Waals surface area (Å²) < 4.78 is 13.8. The third-order valence-corrected chi connectivity index (χ3v) is 6.74. The number of morpholine rings is 1. The van der Waals surface area contributed by atoms with Crippen LogP contribution in [-0.4, -0.2) is 76.5 Å². The van der Waals surface area contributed by atoms with Gasteiger partial charge >= 0.3 is 0 Å². The Kier molecular flexibility index (Phi) is 5.57. The Labute approximate surface area is 209 Å². The third-order valence-electron chi connectivity index (χ3n) is 6.74. The van der Waals surface area contributed by atoms with Gasteiger partial charge in [-0.25, -0.2) is 19.9 Å². The molecule has 0 bridgehead atoms. The Balaban J connectivity index is 1.43. The van der Waals surface area contributed by atoms with Crippen LogP contribution in [0.15, 0.2) is 36.7 Å². The van der Waals surface area contributed by atoms with Gasteiger partial charge in [0.2, 0.25) is 0 Å². The van der Waals surface area contributed by atoms with Crippen LogP contribution in [0.25, 0.3) is 33.8 Å². The summed E-state index contributed by atoms with van der Waals surface area (Å²) in [5.74, 6) is 3.24. The molecule has 186 valence electrons. The van der Waals surface area contributed by atoms with Gasteiger partial charge in [-0.1, -0.05) is 24.3 Å². The minimum atomic E-state index is -0.480. The van der Waals surface area contributed by atoms with Crippen LogP contribution >= 0.6 is 0 Å². The van der Waals surface area contributed by atoms with Crippen molar-refractivity contribution in [3.05, 3.63) is 42.5 Å². The number of nitrogens with zero attached hydrogens (tertiary/aromatic N) is 8. The summed E-state index contributed by atoms with van der Waals surface area (Å²) in [7, 11) is 3.90. The van der Waals surface area contributed by atoms with Crippen molar-refractivity contribution in [2.45, 2.75) is 26.0 Å². The molecular formula is C26H30N8O2. The van der Waals surface area contributed by atoms with E-state index in [4.69, 9.17) is 24.4 Å². The highest BCUT2D eigenvalue weighted by Crippen LogP contribution is 2.35. The molecule has 5 heterocycles. The molecule has 0 saturated carbocycles. The normalized spacial score (nSPS) is 17.3. The van der Waals surface area contributed by atoms with Crippen LogP contribution in [0.1, 0.15) is 19.7 Å². The van der Waals surface area contributed by atoms with Crippen molar-refractivity contribution >= 4 is 22.8 Å². The first-order valence-electron chi connectivity index (χ1n) is 12.3. The molecule has 36 heavy (non-hydrogen) atoms. The summed E-state index contributed by atoms with van der Waals surface area (Å²) in [6.45, 7) is 8.34. The van der Waals surface area contributed by atoms with Gasteiger partial charge in [-0.3, -0.25) is 4.98 Å². The van der Waals surface area contributed by atoms with Gasteiger partial charge in [0.15, 0.2) is 22.8 Å². The Morgan fingerprint density at radius 1 is 0.861 bits per heavy atom. The fourth-order valence-electron chi connectivity index (χ4n) is 4.73. The van der Waals surface area contributed by atoms with Crippen molar-refractivity contribution in [2.24, 2.45) is 0 Å². The fourth-order valence-corrected chi connectivity index (χ4v) is 4.73. The highest BCUT2D eigenvalue weighted by molar-refractivity contribution is 5.86. The third kappa shape index (κ3) is 3.96. The van der Waals surface area contributed by atoms with E-state index in [1.54, 1.807) is 12.4 Å². The Morgan fingerprint density at radius 3 is 2.31 bits per heavy atom. The second kappa shape index (κ2) is 8.79. The lowest BCUT2D eigenvalue weighted by Crippen LogP contribution is -2.37. The average molecular weight is 487 g/mol. The largest absolute Gasteiger partial charge is 0.378 e. The zero-order chi connectivity index (χ0) is 24.9. The average Bonchev–Trinajstić information content (AvgIpc) is 3.29. The first-order valence-corrected chi connectivity index (χ1v) is 12.3. The highest BCUT2D eigenvalue weighted by Gasteiger charge is 2.34. The monoisotopic (exact) mass is 486 g/mol. The molecule has 0 spiro atoms. The van der Waals surface area contributed by atoms with Crippen molar-refractivity contribution in [2.75, 3.05) is 56.8 Å². The van der Waals surface area contributed by atoms with Gasteiger partial charge in [0, 0.05) is 44.9 Å². The minimum absolute atomic E-state index is 0.480. The van der Waals surface area contributed by atoms with Crippen LogP contribution in [0.2, 0.25) is 0 Å². The Hall–Kier alpha value is -3.63. The number of rotatable bonds is 4. The maximum atomic E-state index is 6.02. The Morgan fingerprint density at radius 2 is 1.61 bits per heavy atom. The van der Waals surface area contributed by atoms with Crippen LogP contribution in [0.4, 0.5) is 11.6 Å². The van der Waals surface area contributed by atoms with Crippen molar-refractivity contribution < 1.29 is 9.47 Å². The lowest BCUT2D eigenvalue weighted by Gasteiger charge is -2.30. The van der Waals surface area contributed by atoms with E-state index in [2.05, 4.69) is 33.3 Å². The molecule has 3 aromatic heterocycles. The van der Waals surface area contributed by atoms with E-state index >= 15 is 0 Å². The number of ether oxygens (including phenoxy) is 2. The molecule has 1 fully saturated rings. The lowest BCUT2D eigenvalue weighted by molar-refractivity contribution is -0.0530. The molecule has 10 heteroatoms. The molecule has 10 nitrogen and oxygen atoms in total. The van der Waals surface area contributed by atoms with Crippen LogP contribution in [0.5, 0.6) is 0 Å². The molecule has 1 saturated heterocycles. The molecule has 4 aromatic rings. The van der Waals surface area contributed by atoms with Crippen molar-refractivity contribution in [3.8, 4) is 22.6 Å². The summed E-state index contributed by atoms with van der Waals surface area (Å²) in [6, 6.07) is 8.17. The van der Waals surface area contributed by atoms with E-state index in [9.17, 15) is 0 Å². The summed E-state index contributed by atoms with van der Waals surface area (Å²) >= 11 is 0. The Bertz CT molecular complexity index is 1390. The zero-order valence-corrected chi connectivity index (χ0v) is 21.1. The zero-order valence-electron chi connectivity index (χ0n) is 21.1. The molecule has 6 rings (SSSR count). The van der Waals surface area contributed by atoms with Gasteiger partial charge < -0.3 is 23.8 Å². The maximum absolute atomic E-state index is 6.02. The quantitative estimate of drug-likeness (QED) is 0.431. The first kappa shape index (κ1) is 22.8. The molecule has 0 unspecified atom stereocenters. The topological polar surface area (TPSA) is 94.3 Å². The summed E-state index contributed by atoms with van der Waals surface area (Å²) in [4.78, 5) is 28.3. The van der Waals surface area contributed by atoms with E-state index in [1.807, 2.05) is 43.3 Å². The second-order valence-electron chi connectivity index (χ2n) is 9.82. The number of anilines is 2. The SMILES string of the molecule is CN(C)c1cnc(-c2ccc(-c3nc(N4CCOCC4)c4nc5n(c4n3)CCOC5(C)C)cc2)cn1. The van der Waals surface area contributed by atoms with Gasteiger partial charge in [-0.05, 0) is 13.8 Å². The van der Waals surface area contributed by atoms with E-state index in [0.717, 1.165) is 65.1 Å². The number of fused-ring (bicyclic) bond motifs is 3. The lowest BCUT2D eigenvalue weighted by atomic mass is 10.1. The van der Waals surface area contributed by atoms with E-state index in [-0.39, 0.29) is 0 Å². The van der Waals surface area contributed by atoms with Crippen molar-refractivity contribution in [1.29, 1.82) is 0 Å². The number of imidazole rings is 1. The molecule has 2 aliphatic heterocycles. The summed E-state index contributed by atoms with van der Waals surface area (Å²) in [6.07, 6.45) is 3.58. The van der Waals surface area contributed by atoms with Crippen LogP contribution in [-0.2, 0) is 21.6 Å². The van der Waals surface area contributed by atoms with Gasteiger partial charge in [0.05, 0.1) is 37.9 Å². The highest BCUT2D eigenvalue weighted by atomic mass is 16.5. The fraction of sp³-hybridized carbons (Fsp3) is 0.423. The van der Waals surface area contributed by atoms with Crippen LogP contribution in [0.3, 0.4) is 0 Å². The number of hydrogen-bond acceptors (Lipinski definition) is 9. The van der Waals surface area contributed by atoms with Crippen molar-refractivity contribution in [3.63, 3.8) is 0 Å². The first-order chi connectivity index (χ1) is 17.4. The van der Waals surface area contributed by atoms with Gasteiger partial charge in [0.1, 0.15) is 17.2 Å². The molecule has 0 N–H and O–H groups in total. The summed E-state index contributed by atoms with van der Waals surface area (Å²) in [5.41, 5.74) is 3.95. The number of aromatic nitrogens is 6. The van der Waals surface area contributed by atoms with Crippen LogP contribution < -0.4 is 9.80 Å². The molecule has 0 radical (unpaired) electrons. The molecule has 0 atom stereocenters. The van der Waals surface area contributed by atoms with Gasteiger partial charge in [0.25, 0.3) is 0 Å². The molecule has 1 aromatic carbocycles. The molecular weight excluding hydrogens is 456 g/mol. The molecule has 2 aliphatic rings. The minimum Gasteiger partial charge on any atom is -0.378 e. The predicted molar refractivity (Wildman–Crippen MR) is 138 cm³/mol. The predicted octanol–water partition coefficient (Wildman–Crippen LogP) is 3.12. The van der Waals surface area contributed by atoms with Crippen molar-refractivity contribution in [1.82, 2.24) is 29.5 Å². The van der Waals surface area contributed by atoms with E-state index in [0.29, 0.717) is 25.6 Å². The van der Waals surface area contributed by atoms with Crippen LogP contribution in [0, 0.1) is 0 Å².